The standard InChI is InChI=1S/C47H28N2/c1-4-19-34-29(14-1)30-15-2-6-21-36(30)46-44(34)38-28-37(41-25-13-26-43(49-41)42-24-11-12-27-48-42)31-16-3-5-20-35(31)45(38)47(46)39-22-9-7-17-32(39)33-18-8-10-23-40(33)47/h1-28H. The molecule has 0 unspecified atom stereocenters. The topological polar surface area (TPSA) is 25.8 Å². The Kier molecular flexibility index (Phi) is 5.34. The predicted octanol–water partition coefficient (Wildman–Crippen LogP) is 11.6. The third kappa shape index (κ3) is 3.40. The number of fused-ring (bicyclic) bond motifs is 17. The van der Waals surface area contributed by atoms with E-state index in [9.17, 15) is 0 Å². The van der Waals surface area contributed by atoms with Crippen LogP contribution in [0.4, 0.5) is 0 Å². The zero-order chi connectivity index (χ0) is 32.1. The van der Waals surface area contributed by atoms with Gasteiger partial charge in [-0.15, -0.1) is 0 Å². The first-order valence-electron chi connectivity index (χ1n) is 16.9. The maximum Gasteiger partial charge on any atom is 0.0893 e. The average molecular weight is 621 g/mol. The van der Waals surface area contributed by atoms with Crippen LogP contribution in [0.1, 0.15) is 22.3 Å². The van der Waals surface area contributed by atoms with Crippen LogP contribution in [0.25, 0.3) is 77.2 Å². The van der Waals surface area contributed by atoms with E-state index >= 15 is 0 Å². The van der Waals surface area contributed by atoms with Crippen molar-refractivity contribution >= 4 is 32.3 Å². The van der Waals surface area contributed by atoms with Crippen molar-refractivity contribution in [3.8, 4) is 44.9 Å². The van der Waals surface area contributed by atoms with Crippen molar-refractivity contribution < 1.29 is 0 Å². The van der Waals surface area contributed by atoms with E-state index in [1.54, 1.807) is 0 Å². The van der Waals surface area contributed by atoms with Crippen LogP contribution in [0.15, 0.2) is 170 Å². The van der Waals surface area contributed by atoms with Gasteiger partial charge in [-0.25, -0.2) is 4.98 Å². The minimum atomic E-state index is -0.497. The van der Waals surface area contributed by atoms with Crippen molar-refractivity contribution in [1.29, 1.82) is 0 Å². The smallest absolute Gasteiger partial charge is 0.0893 e. The molecule has 0 atom stereocenters. The summed E-state index contributed by atoms with van der Waals surface area (Å²) in [6.07, 6.45) is 1.83. The number of benzene rings is 7. The Bertz CT molecular complexity index is 2790. The van der Waals surface area contributed by atoms with Crippen molar-refractivity contribution in [1.82, 2.24) is 9.97 Å². The Morgan fingerprint density at radius 2 is 0.878 bits per heavy atom. The molecule has 0 bridgehead atoms. The van der Waals surface area contributed by atoms with Gasteiger partial charge in [0.25, 0.3) is 0 Å². The van der Waals surface area contributed by atoms with Crippen LogP contribution < -0.4 is 0 Å². The SMILES string of the molecule is c1ccc(-c2cccc(-c3cc4c(c5ccccc35)C3(c5ccccc5-c5ccccc53)c3c-4c4ccccc4c4ccccc34)n2)nc1. The molecule has 49 heavy (non-hydrogen) atoms. The Morgan fingerprint density at radius 1 is 0.347 bits per heavy atom. The molecule has 11 rings (SSSR count). The molecule has 226 valence electrons. The highest BCUT2D eigenvalue weighted by Gasteiger charge is 2.54. The van der Waals surface area contributed by atoms with Crippen LogP contribution in [0.2, 0.25) is 0 Å². The summed E-state index contributed by atoms with van der Waals surface area (Å²) in [5, 5.41) is 7.63. The number of pyridine rings is 2. The lowest BCUT2D eigenvalue weighted by Crippen LogP contribution is -2.26. The molecule has 1 spiro atoms. The first kappa shape index (κ1) is 26.7. The van der Waals surface area contributed by atoms with Crippen molar-refractivity contribution in [2.45, 2.75) is 5.41 Å². The summed E-state index contributed by atoms with van der Waals surface area (Å²) < 4.78 is 0. The van der Waals surface area contributed by atoms with Gasteiger partial charge in [-0.1, -0.05) is 133 Å². The lowest BCUT2D eigenvalue weighted by molar-refractivity contribution is 0.809. The lowest BCUT2D eigenvalue weighted by atomic mass is 9.68. The molecule has 0 aliphatic heterocycles. The summed E-state index contributed by atoms with van der Waals surface area (Å²) in [5.74, 6) is 0. The minimum absolute atomic E-state index is 0.497. The molecule has 0 radical (unpaired) electrons. The van der Waals surface area contributed by atoms with Gasteiger partial charge in [0.2, 0.25) is 0 Å². The van der Waals surface area contributed by atoms with Crippen molar-refractivity contribution in [3.05, 3.63) is 192 Å². The van der Waals surface area contributed by atoms with Crippen LogP contribution in [-0.2, 0) is 5.41 Å². The molecule has 9 aromatic rings. The fourth-order valence-corrected chi connectivity index (χ4v) is 9.14. The van der Waals surface area contributed by atoms with Crippen LogP contribution in [0, 0.1) is 0 Å². The second kappa shape index (κ2) is 9.82. The maximum atomic E-state index is 5.26. The minimum Gasteiger partial charge on any atom is -0.255 e. The molecule has 2 heteroatoms. The molecule has 0 amide bonds. The summed E-state index contributed by atoms with van der Waals surface area (Å²) in [6.45, 7) is 0. The van der Waals surface area contributed by atoms with Crippen LogP contribution >= 0.6 is 0 Å². The van der Waals surface area contributed by atoms with E-state index in [1.165, 1.54) is 76.8 Å². The summed E-state index contributed by atoms with van der Waals surface area (Å²) in [6, 6.07) is 59.9. The second-order valence-corrected chi connectivity index (χ2v) is 13.2. The third-order valence-electron chi connectivity index (χ3n) is 10.9. The molecular weight excluding hydrogens is 593 g/mol. The molecule has 0 fully saturated rings. The molecule has 2 heterocycles. The number of aromatic nitrogens is 2. The fourth-order valence-electron chi connectivity index (χ4n) is 9.14. The molecule has 7 aromatic carbocycles. The summed E-state index contributed by atoms with van der Waals surface area (Å²) in [7, 11) is 0. The largest absolute Gasteiger partial charge is 0.255 e. The molecule has 2 nitrogen and oxygen atoms in total. The van der Waals surface area contributed by atoms with Crippen molar-refractivity contribution in [2.24, 2.45) is 0 Å². The number of nitrogens with zero attached hydrogens (tertiary/aromatic N) is 2. The molecule has 2 aliphatic rings. The number of hydrogen-bond donors (Lipinski definition) is 0. The normalized spacial score (nSPS) is 13.5. The van der Waals surface area contributed by atoms with Gasteiger partial charge in [0.1, 0.15) is 0 Å². The Hall–Kier alpha value is -6.38. The van der Waals surface area contributed by atoms with E-state index < -0.39 is 5.41 Å². The third-order valence-corrected chi connectivity index (χ3v) is 10.9. The van der Waals surface area contributed by atoms with Gasteiger partial charge in [0.15, 0.2) is 0 Å². The zero-order valence-corrected chi connectivity index (χ0v) is 26.6. The quantitative estimate of drug-likeness (QED) is 0.180. The Morgan fingerprint density at radius 3 is 1.57 bits per heavy atom. The van der Waals surface area contributed by atoms with Gasteiger partial charge in [-0.05, 0) is 107 Å². The highest BCUT2D eigenvalue weighted by Crippen LogP contribution is 2.67. The van der Waals surface area contributed by atoms with Crippen molar-refractivity contribution in [3.63, 3.8) is 0 Å². The highest BCUT2D eigenvalue weighted by molar-refractivity contribution is 6.22. The Labute approximate surface area is 284 Å². The highest BCUT2D eigenvalue weighted by atomic mass is 14.8. The van der Waals surface area contributed by atoms with Gasteiger partial charge in [0, 0.05) is 11.8 Å². The van der Waals surface area contributed by atoms with Gasteiger partial charge < -0.3 is 0 Å². The van der Waals surface area contributed by atoms with E-state index in [0.717, 1.165) is 22.6 Å². The van der Waals surface area contributed by atoms with E-state index in [-0.39, 0.29) is 0 Å². The lowest BCUT2D eigenvalue weighted by Gasteiger charge is -2.33. The molecular formula is C47H28N2. The van der Waals surface area contributed by atoms with Crippen LogP contribution in [0.5, 0.6) is 0 Å². The molecule has 0 saturated heterocycles. The monoisotopic (exact) mass is 620 g/mol. The summed E-state index contributed by atoms with van der Waals surface area (Å²) >= 11 is 0. The summed E-state index contributed by atoms with van der Waals surface area (Å²) in [5.41, 5.74) is 14.0. The first-order chi connectivity index (χ1) is 24.3. The van der Waals surface area contributed by atoms with Crippen LogP contribution in [-0.4, -0.2) is 9.97 Å². The predicted molar refractivity (Wildman–Crippen MR) is 202 cm³/mol. The van der Waals surface area contributed by atoms with E-state index in [0.29, 0.717) is 0 Å². The first-order valence-corrected chi connectivity index (χ1v) is 16.9. The molecule has 0 saturated carbocycles. The van der Waals surface area contributed by atoms with Crippen molar-refractivity contribution in [2.75, 3.05) is 0 Å². The zero-order valence-electron chi connectivity index (χ0n) is 26.6. The van der Waals surface area contributed by atoms with Gasteiger partial charge in [-0.3, -0.25) is 4.98 Å². The number of rotatable bonds is 2. The van der Waals surface area contributed by atoms with Gasteiger partial charge in [-0.2, -0.15) is 0 Å². The van der Waals surface area contributed by atoms with Gasteiger partial charge >= 0.3 is 0 Å². The molecule has 2 aromatic heterocycles. The average Bonchev–Trinajstić information content (AvgIpc) is 3.66. The fraction of sp³-hybridized carbons (Fsp3) is 0.0213. The molecule has 0 N–H and O–H groups in total. The van der Waals surface area contributed by atoms with Crippen LogP contribution in [0.3, 0.4) is 0 Å². The second-order valence-electron chi connectivity index (χ2n) is 13.2. The van der Waals surface area contributed by atoms with Gasteiger partial charge in [0.05, 0.1) is 22.5 Å². The molecule has 2 aliphatic carbocycles. The summed E-state index contributed by atoms with van der Waals surface area (Å²) in [4.78, 5) is 9.88. The van der Waals surface area contributed by atoms with E-state index in [2.05, 4.69) is 151 Å². The number of hydrogen-bond acceptors (Lipinski definition) is 2. The van der Waals surface area contributed by atoms with E-state index in [1.807, 2.05) is 24.4 Å². The maximum absolute atomic E-state index is 5.26. The Balaban J connectivity index is 1.37. The van der Waals surface area contributed by atoms with E-state index in [4.69, 9.17) is 4.98 Å².